The Morgan fingerprint density at radius 2 is 1.79 bits per heavy atom. The van der Waals surface area contributed by atoms with Crippen molar-refractivity contribution in [2.45, 2.75) is 50.3 Å². The third-order valence-electron chi connectivity index (χ3n) is 6.13. The summed E-state index contributed by atoms with van der Waals surface area (Å²) in [5.74, 6) is -3.78. The molecule has 2 aliphatic heterocycles. The van der Waals surface area contributed by atoms with E-state index in [2.05, 4.69) is 5.32 Å². The van der Waals surface area contributed by atoms with Crippen LogP contribution in [0.4, 0.5) is 0 Å². The molecule has 4 rings (SSSR count). The number of carbonyl (C=O) groups is 6. The number of hydrogen-bond acceptors (Lipinski definition) is 11. The zero-order valence-electron chi connectivity index (χ0n) is 23.1. The van der Waals surface area contributed by atoms with Crippen molar-refractivity contribution in [3.8, 4) is 0 Å². The second kappa shape index (κ2) is 15.9. The van der Waals surface area contributed by atoms with Crippen LogP contribution in [0.15, 0.2) is 59.1 Å². The second-order valence-corrected chi connectivity index (χ2v) is 11.5. The number of hydrogen-bond donors (Lipinski definition) is 4. The van der Waals surface area contributed by atoms with Gasteiger partial charge in [-0.05, 0) is 23.4 Å². The fraction of sp³-hybridized carbons (Fsp3) is 0.357. The van der Waals surface area contributed by atoms with E-state index in [-0.39, 0.29) is 44.1 Å². The number of rotatable bonds is 12. The van der Waals surface area contributed by atoms with E-state index in [4.69, 9.17) is 20.3 Å². The smallest absolute Gasteiger partial charge is 0.352 e. The lowest BCUT2D eigenvalue weighted by molar-refractivity contribution is -0.151. The fourth-order valence-corrected chi connectivity index (χ4v) is 6.04. The molecule has 0 bridgehead atoms. The number of nitrogens with zero attached hydrogens (tertiary/aromatic N) is 1. The van der Waals surface area contributed by atoms with Crippen LogP contribution in [0.2, 0.25) is 0 Å². The molecule has 0 radical (unpaired) electrons. The van der Waals surface area contributed by atoms with Gasteiger partial charge in [-0.25, -0.2) is 4.79 Å². The fourth-order valence-electron chi connectivity index (χ4n) is 4.01. The number of amides is 2. The molecule has 0 spiro atoms. The van der Waals surface area contributed by atoms with Crippen molar-refractivity contribution < 1.29 is 48.5 Å². The summed E-state index contributed by atoms with van der Waals surface area (Å²) in [6.45, 7) is 1.21. The summed E-state index contributed by atoms with van der Waals surface area (Å²) in [6, 6.07) is 11.2. The minimum absolute atomic E-state index is 0.0863. The van der Waals surface area contributed by atoms with Crippen LogP contribution in [0.1, 0.15) is 30.2 Å². The molecule has 43 heavy (non-hydrogen) atoms. The third-order valence-corrected chi connectivity index (χ3v) is 8.34. The number of carboxylic acids is 2. The van der Waals surface area contributed by atoms with Crippen LogP contribution in [0.25, 0.3) is 0 Å². The van der Waals surface area contributed by atoms with E-state index in [1.807, 2.05) is 47.8 Å². The number of benzene rings is 1. The number of esters is 2. The lowest BCUT2D eigenvalue weighted by atomic mass is 10.0. The molecule has 5 N–H and O–H groups in total. The summed E-state index contributed by atoms with van der Waals surface area (Å²) < 4.78 is 9.84. The molecule has 15 heteroatoms. The van der Waals surface area contributed by atoms with Gasteiger partial charge in [0.05, 0.1) is 6.42 Å². The molecule has 1 aromatic carbocycles. The van der Waals surface area contributed by atoms with E-state index in [1.54, 1.807) is 0 Å². The van der Waals surface area contributed by atoms with Gasteiger partial charge in [0.1, 0.15) is 36.4 Å². The van der Waals surface area contributed by atoms with E-state index >= 15 is 0 Å². The number of β-lactam (4-membered cyclic amide) rings is 1. The number of thioether (sulfide) groups is 1. The summed E-state index contributed by atoms with van der Waals surface area (Å²) in [6.07, 6.45) is 0.128. The average Bonchev–Trinajstić information content (AvgIpc) is 3.49. The molecule has 230 valence electrons. The molecule has 0 saturated carbocycles. The summed E-state index contributed by atoms with van der Waals surface area (Å²) in [5, 5.41) is 22.0. The monoisotopic (exact) mass is 633 g/mol. The highest BCUT2D eigenvalue weighted by Gasteiger charge is 2.54. The van der Waals surface area contributed by atoms with E-state index in [0.717, 1.165) is 15.3 Å². The van der Waals surface area contributed by atoms with E-state index in [0.29, 0.717) is 11.3 Å². The molecule has 2 aromatic rings. The van der Waals surface area contributed by atoms with Crippen LogP contribution < -0.4 is 11.1 Å². The summed E-state index contributed by atoms with van der Waals surface area (Å²) in [4.78, 5) is 70.8. The lowest BCUT2D eigenvalue weighted by Crippen LogP contribution is -2.70. The van der Waals surface area contributed by atoms with Crippen molar-refractivity contribution in [3.05, 3.63) is 69.6 Å². The number of carbonyl (C=O) groups excluding carboxylic acids is 4. The van der Waals surface area contributed by atoms with Gasteiger partial charge < -0.3 is 30.7 Å². The van der Waals surface area contributed by atoms with Crippen molar-refractivity contribution in [1.29, 1.82) is 0 Å². The third kappa shape index (κ3) is 9.66. The molecule has 2 amide bonds. The normalized spacial score (nSPS) is 17.8. The minimum Gasteiger partial charge on any atom is -0.481 e. The highest BCUT2D eigenvalue weighted by atomic mass is 32.2. The molecule has 0 aliphatic carbocycles. The molecular weight excluding hydrogens is 602 g/mol. The molecule has 3 atom stereocenters. The Hall–Kier alpha value is -4.21. The van der Waals surface area contributed by atoms with Crippen LogP contribution in [-0.4, -0.2) is 80.6 Å². The SMILES string of the molecule is CC(=O)OCC1=C(C(=O)O)N2C(=O)[C@@H](NC(=O)Cc3cccs3)[C@H]2SC1.N[C@@H](CCC(=O)O)C(=O)OCc1ccccc1. The zero-order chi connectivity index (χ0) is 31.5. The summed E-state index contributed by atoms with van der Waals surface area (Å²) in [5.41, 5.74) is 6.56. The second-order valence-electron chi connectivity index (χ2n) is 9.38. The number of nitrogens with two attached hydrogens (primary N) is 1. The van der Waals surface area contributed by atoms with Crippen LogP contribution in [0.3, 0.4) is 0 Å². The van der Waals surface area contributed by atoms with Crippen LogP contribution in [0.5, 0.6) is 0 Å². The first kappa shape index (κ1) is 33.3. The van der Waals surface area contributed by atoms with Crippen LogP contribution in [-0.2, 0) is 51.3 Å². The Morgan fingerprint density at radius 1 is 1.07 bits per heavy atom. The quantitative estimate of drug-likeness (QED) is 0.194. The number of aliphatic carboxylic acids is 2. The first-order chi connectivity index (χ1) is 20.5. The number of thiophene rings is 1. The maximum Gasteiger partial charge on any atom is 0.352 e. The highest BCUT2D eigenvalue weighted by molar-refractivity contribution is 8.00. The van der Waals surface area contributed by atoms with Crippen molar-refractivity contribution in [3.63, 3.8) is 0 Å². The van der Waals surface area contributed by atoms with E-state index < -0.39 is 47.2 Å². The predicted molar refractivity (Wildman–Crippen MR) is 155 cm³/mol. The topological polar surface area (TPSA) is 203 Å². The molecule has 3 heterocycles. The van der Waals surface area contributed by atoms with E-state index in [9.17, 15) is 33.9 Å². The minimum atomic E-state index is -1.26. The summed E-state index contributed by atoms with van der Waals surface area (Å²) >= 11 is 2.79. The van der Waals surface area contributed by atoms with Gasteiger partial charge in [0.15, 0.2) is 0 Å². The number of fused-ring (bicyclic) bond motifs is 1. The molecular formula is C28H31N3O10S2. The van der Waals surface area contributed by atoms with Crippen molar-refractivity contribution in [2.24, 2.45) is 5.73 Å². The van der Waals surface area contributed by atoms with Gasteiger partial charge in [0.25, 0.3) is 5.91 Å². The first-order valence-corrected chi connectivity index (χ1v) is 14.9. The van der Waals surface area contributed by atoms with Crippen molar-refractivity contribution in [2.75, 3.05) is 12.4 Å². The molecule has 1 aromatic heterocycles. The Labute approximate surface area is 255 Å². The van der Waals surface area contributed by atoms with Crippen LogP contribution in [0, 0.1) is 0 Å². The van der Waals surface area contributed by atoms with Gasteiger partial charge in [-0.3, -0.25) is 28.9 Å². The van der Waals surface area contributed by atoms with Gasteiger partial charge in [-0.15, -0.1) is 23.1 Å². The summed E-state index contributed by atoms with van der Waals surface area (Å²) in [7, 11) is 0. The van der Waals surface area contributed by atoms with Gasteiger partial charge >= 0.3 is 23.9 Å². The zero-order valence-corrected chi connectivity index (χ0v) is 24.7. The largest absolute Gasteiger partial charge is 0.481 e. The molecule has 1 saturated heterocycles. The highest BCUT2D eigenvalue weighted by Crippen LogP contribution is 2.40. The van der Waals surface area contributed by atoms with Crippen molar-refractivity contribution in [1.82, 2.24) is 10.2 Å². The maximum absolute atomic E-state index is 12.4. The Morgan fingerprint density at radius 3 is 2.40 bits per heavy atom. The van der Waals surface area contributed by atoms with Gasteiger partial charge in [-0.2, -0.15) is 0 Å². The number of ether oxygens (including phenoxy) is 2. The van der Waals surface area contributed by atoms with Crippen LogP contribution >= 0.6 is 23.1 Å². The Balaban J connectivity index is 0.000000259. The standard InChI is InChI=1S/C16H16N2O6S2.C12H15NO4/c1-8(19)24-6-9-7-26-15-12(14(21)18(15)13(9)16(22)23)17-11(20)5-10-3-2-4-25-10;13-10(6-7-11(14)15)12(16)17-8-9-4-2-1-3-5-9/h2-4,12,15H,5-7H2,1H3,(H,17,20)(H,22,23);1-5,10H,6-8,13H2,(H,14,15)/t12-,15-;10-/m10/s1. The predicted octanol–water partition coefficient (Wildman–Crippen LogP) is 1.51. The van der Waals surface area contributed by atoms with Crippen molar-refractivity contribution >= 4 is 58.8 Å². The molecule has 13 nitrogen and oxygen atoms in total. The number of carboxylic acid groups (broad SMARTS) is 2. The van der Waals surface area contributed by atoms with Gasteiger partial charge in [0.2, 0.25) is 5.91 Å². The average molecular weight is 634 g/mol. The number of nitrogens with one attached hydrogen (secondary N) is 1. The van der Waals surface area contributed by atoms with E-state index in [1.165, 1.54) is 30.0 Å². The molecule has 1 fully saturated rings. The maximum atomic E-state index is 12.4. The Bertz CT molecular complexity index is 1360. The first-order valence-electron chi connectivity index (χ1n) is 13.0. The molecule has 0 unspecified atom stereocenters. The lowest BCUT2D eigenvalue weighted by Gasteiger charge is -2.49. The van der Waals surface area contributed by atoms with Gasteiger partial charge in [-0.1, -0.05) is 36.4 Å². The molecule has 2 aliphatic rings. The Kier molecular flexibility index (Phi) is 12.3. The van der Waals surface area contributed by atoms with Gasteiger partial charge in [0, 0.05) is 29.5 Å².